The third kappa shape index (κ3) is 8.37. The monoisotopic (exact) mass is 808 g/mol. The molecule has 8 bridgehead atoms. The highest BCUT2D eigenvalue weighted by Gasteiger charge is 2.58. The zero-order valence-electron chi connectivity index (χ0n) is 37.9. The molecule has 0 spiro atoms. The summed E-state index contributed by atoms with van der Waals surface area (Å²) in [6.45, 7) is 24.9. The molecule has 19 atom stereocenters. The quantitative estimate of drug-likeness (QED) is 0.145. The molecule has 19 unspecified atom stereocenters. The molecule has 11 heteroatoms. The molecule has 8 N–H and O–H groups in total. The molecule has 332 valence electrons. The second-order valence-electron chi connectivity index (χ2n) is 21.0. The molecule has 11 nitrogen and oxygen atoms in total. The van der Waals surface area contributed by atoms with E-state index in [1.54, 1.807) is 0 Å². The first kappa shape index (κ1) is 42.8. The number of nitrogens with one attached hydrogen (secondary N) is 8. The van der Waals surface area contributed by atoms with Crippen LogP contribution in [0.4, 0.5) is 0 Å². The van der Waals surface area contributed by atoms with Crippen molar-refractivity contribution in [3.05, 3.63) is 0 Å². The lowest BCUT2D eigenvalue weighted by Crippen LogP contribution is -2.62. The summed E-state index contributed by atoms with van der Waals surface area (Å²) in [7, 11) is 0. The lowest BCUT2D eigenvalue weighted by atomic mass is 9.60. The van der Waals surface area contributed by atoms with Crippen LogP contribution < -0.4 is 42.5 Å². The van der Waals surface area contributed by atoms with Crippen molar-refractivity contribution in [2.45, 2.75) is 174 Å². The van der Waals surface area contributed by atoms with Gasteiger partial charge in [-0.05, 0) is 149 Å². The van der Waals surface area contributed by atoms with E-state index in [0.717, 1.165) is 39.3 Å². The predicted molar refractivity (Wildman–Crippen MR) is 237 cm³/mol. The molecule has 0 aromatic heterocycles. The van der Waals surface area contributed by atoms with Crippen LogP contribution in [0.25, 0.3) is 0 Å². The van der Waals surface area contributed by atoms with Crippen molar-refractivity contribution in [1.82, 2.24) is 57.2 Å². The largest absolute Gasteiger partial charge is 0.304 e. The summed E-state index contributed by atoms with van der Waals surface area (Å²) in [4.78, 5) is 8.32. The summed E-state index contributed by atoms with van der Waals surface area (Å²) in [5.74, 6) is 7.36. The fraction of sp³-hybridized carbons (Fsp3) is 1.00. The molecule has 4 aliphatic carbocycles. The average molecular weight is 808 g/mol. The Hall–Kier alpha value is -0.440. The summed E-state index contributed by atoms with van der Waals surface area (Å²) >= 11 is 0. The zero-order chi connectivity index (χ0) is 39.9. The molecular formula is C47H89N11. The van der Waals surface area contributed by atoms with Gasteiger partial charge >= 0.3 is 0 Å². The van der Waals surface area contributed by atoms with Gasteiger partial charge in [-0.25, -0.2) is 0 Å². The molecule has 9 rings (SSSR count). The van der Waals surface area contributed by atoms with E-state index in [-0.39, 0.29) is 6.17 Å². The van der Waals surface area contributed by atoms with Gasteiger partial charge in [0.2, 0.25) is 0 Å². The van der Waals surface area contributed by atoms with E-state index in [9.17, 15) is 0 Å². The average Bonchev–Trinajstić information content (AvgIpc) is 3.99. The van der Waals surface area contributed by atoms with Gasteiger partial charge in [0.05, 0.1) is 49.3 Å². The van der Waals surface area contributed by atoms with Crippen molar-refractivity contribution in [2.24, 2.45) is 65.1 Å². The Morgan fingerprint density at radius 3 is 0.931 bits per heavy atom. The lowest BCUT2D eigenvalue weighted by Gasteiger charge is -2.51. The molecular weight excluding hydrogens is 719 g/mol. The number of hydrogen-bond donors (Lipinski definition) is 8. The first-order valence-corrected chi connectivity index (χ1v) is 25.7. The molecule has 4 saturated carbocycles. The van der Waals surface area contributed by atoms with E-state index in [0.29, 0.717) is 108 Å². The first-order valence-electron chi connectivity index (χ1n) is 25.7. The fourth-order valence-corrected chi connectivity index (χ4v) is 15.5. The number of nitrogens with zero attached hydrogens (tertiary/aromatic N) is 3. The number of hydrogen-bond acceptors (Lipinski definition) is 11. The third-order valence-electron chi connectivity index (χ3n) is 18.7. The summed E-state index contributed by atoms with van der Waals surface area (Å²) < 4.78 is 0. The Morgan fingerprint density at radius 2 is 0.603 bits per heavy atom. The van der Waals surface area contributed by atoms with E-state index < -0.39 is 0 Å². The summed E-state index contributed by atoms with van der Waals surface area (Å²) in [5.41, 5.74) is 0. The number of fused-ring (bicyclic) bond motifs is 20. The third-order valence-corrected chi connectivity index (χ3v) is 18.7. The van der Waals surface area contributed by atoms with Crippen molar-refractivity contribution in [2.75, 3.05) is 58.9 Å². The van der Waals surface area contributed by atoms with Crippen molar-refractivity contribution in [1.29, 1.82) is 0 Å². The van der Waals surface area contributed by atoms with E-state index in [1.807, 2.05) is 0 Å². The minimum absolute atomic E-state index is 0.289. The second-order valence-corrected chi connectivity index (χ2v) is 21.0. The van der Waals surface area contributed by atoms with Gasteiger partial charge in [0.1, 0.15) is 0 Å². The standard InChI is InChI=1S/C47H89N11/c1-7-56(8-2)26-29-25-36-39(38(28-58(11-5)12-6)37(29)27-57(9-3)10-4)47-54-45-35-24-18-17-23-34(35)43(52-45)50-41-31-20-14-13-19-30(31)40(48-41)49-42-32-21-15-16-22-33(32)44(51-42)53-46(36)55-47/h29-55H,7-28H2,1-6H3. The zero-order valence-corrected chi connectivity index (χ0v) is 37.9. The van der Waals surface area contributed by atoms with Crippen LogP contribution in [0.3, 0.4) is 0 Å². The topological polar surface area (TPSA) is 106 Å². The molecule has 5 saturated heterocycles. The molecule has 5 aliphatic heterocycles. The maximum Gasteiger partial charge on any atom is 0.0631 e. The van der Waals surface area contributed by atoms with Gasteiger partial charge in [-0.1, -0.05) is 80.1 Å². The van der Waals surface area contributed by atoms with Gasteiger partial charge in [0.15, 0.2) is 0 Å². The second kappa shape index (κ2) is 19.1. The maximum atomic E-state index is 4.54. The van der Waals surface area contributed by atoms with Crippen LogP contribution in [0, 0.1) is 65.1 Å². The van der Waals surface area contributed by atoms with E-state index in [1.165, 1.54) is 103 Å². The minimum atomic E-state index is 0.289. The summed E-state index contributed by atoms with van der Waals surface area (Å²) in [6, 6.07) is 0. The van der Waals surface area contributed by atoms with Gasteiger partial charge < -0.3 is 14.7 Å². The molecule has 58 heavy (non-hydrogen) atoms. The highest BCUT2D eigenvalue weighted by Crippen LogP contribution is 2.50. The Labute approximate surface area is 354 Å². The lowest BCUT2D eigenvalue weighted by molar-refractivity contribution is -0.0181. The van der Waals surface area contributed by atoms with Gasteiger partial charge in [0.25, 0.3) is 0 Å². The van der Waals surface area contributed by atoms with Crippen LogP contribution >= 0.6 is 0 Å². The van der Waals surface area contributed by atoms with Crippen LogP contribution in [0.2, 0.25) is 0 Å². The number of rotatable bonds is 12. The van der Waals surface area contributed by atoms with E-state index >= 15 is 0 Å². The normalized spacial score (nSPS) is 47.6. The van der Waals surface area contributed by atoms with Crippen LogP contribution in [-0.2, 0) is 0 Å². The van der Waals surface area contributed by atoms with Gasteiger partial charge in [-0.3, -0.25) is 42.5 Å². The van der Waals surface area contributed by atoms with Crippen LogP contribution in [0.15, 0.2) is 0 Å². The van der Waals surface area contributed by atoms with Crippen molar-refractivity contribution in [3.63, 3.8) is 0 Å². The fourth-order valence-electron chi connectivity index (χ4n) is 15.5. The van der Waals surface area contributed by atoms with Crippen molar-refractivity contribution < 1.29 is 0 Å². The molecule has 0 aromatic carbocycles. The molecule has 0 radical (unpaired) electrons. The molecule has 5 heterocycles. The van der Waals surface area contributed by atoms with E-state index in [4.69, 9.17) is 0 Å². The highest BCUT2D eigenvalue weighted by atomic mass is 15.4. The Morgan fingerprint density at radius 1 is 0.328 bits per heavy atom. The Bertz CT molecular complexity index is 1290. The SMILES string of the molecule is CCN(CC)CC1CC2C3NC4NC(NC5NC(NC6NC(NC(N3)C2C(CN(CC)CC)C1CN(CC)CC)C1CCCCC61)C1CCCCC51)C1CCCCC41. The van der Waals surface area contributed by atoms with Gasteiger partial charge in [-0.2, -0.15) is 0 Å². The van der Waals surface area contributed by atoms with E-state index in [2.05, 4.69) is 98.8 Å². The minimum Gasteiger partial charge on any atom is -0.304 e. The van der Waals surface area contributed by atoms with Crippen molar-refractivity contribution >= 4 is 0 Å². The predicted octanol–water partition coefficient (Wildman–Crippen LogP) is 4.31. The Kier molecular flexibility index (Phi) is 14.1. The smallest absolute Gasteiger partial charge is 0.0631 e. The first-order chi connectivity index (χ1) is 28.4. The molecule has 0 aromatic rings. The van der Waals surface area contributed by atoms with Crippen molar-refractivity contribution in [3.8, 4) is 0 Å². The molecule has 9 fully saturated rings. The van der Waals surface area contributed by atoms with Gasteiger partial charge in [-0.15, -0.1) is 0 Å². The molecule has 9 aliphatic rings. The Balaban J connectivity index is 1.10. The van der Waals surface area contributed by atoms with Crippen LogP contribution in [0.5, 0.6) is 0 Å². The molecule has 0 amide bonds. The van der Waals surface area contributed by atoms with Crippen LogP contribution in [0.1, 0.15) is 125 Å². The maximum absolute atomic E-state index is 4.54. The summed E-state index contributed by atoms with van der Waals surface area (Å²) in [5, 5.41) is 35.2. The highest BCUT2D eigenvalue weighted by molar-refractivity contribution is 5.11. The van der Waals surface area contributed by atoms with Gasteiger partial charge in [0, 0.05) is 19.6 Å². The summed E-state index contributed by atoms with van der Waals surface area (Å²) in [6.07, 6.45) is 20.5. The van der Waals surface area contributed by atoms with Crippen LogP contribution in [-0.4, -0.2) is 123 Å².